The number of piperazine rings is 1. The minimum absolute atomic E-state index is 0.0638. The van der Waals surface area contributed by atoms with Crippen molar-refractivity contribution in [1.29, 1.82) is 0 Å². The first-order valence-corrected chi connectivity index (χ1v) is 12.5. The molecule has 2 aromatic carbocycles. The van der Waals surface area contributed by atoms with Crippen LogP contribution in [0.5, 0.6) is 0 Å². The average molecular weight is 454 g/mol. The lowest BCUT2D eigenvalue weighted by Crippen LogP contribution is -2.47. The van der Waals surface area contributed by atoms with Crippen LogP contribution in [0.25, 0.3) is 0 Å². The van der Waals surface area contributed by atoms with Gasteiger partial charge < -0.3 is 10.2 Å². The largest absolute Gasteiger partial charge is 0.369 e. The molecular formula is C27H39N3OS. The number of anilines is 2. The summed E-state index contributed by atoms with van der Waals surface area (Å²) in [5, 5.41) is 3.29. The Kier molecular flexibility index (Phi) is 9.06. The van der Waals surface area contributed by atoms with Crippen molar-refractivity contribution in [2.45, 2.75) is 57.6 Å². The first-order valence-electron chi connectivity index (χ1n) is 12.0. The maximum atomic E-state index is 12.8. The van der Waals surface area contributed by atoms with E-state index in [1.165, 1.54) is 16.8 Å². The lowest BCUT2D eigenvalue weighted by atomic mass is 9.92. The number of benzene rings is 2. The Balaban J connectivity index is 1.47. The van der Waals surface area contributed by atoms with Gasteiger partial charge >= 0.3 is 0 Å². The third-order valence-electron chi connectivity index (χ3n) is 6.33. The first-order chi connectivity index (χ1) is 15.3. The number of carbonyl (C=O) groups excluding carboxylic acids is 1. The summed E-state index contributed by atoms with van der Waals surface area (Å²) in [5.41, 5.74) is 4.71. The summed E-state index contributed by atoms with van der Waals surface area (Å²) in [5.74, 6) is 0.796. The zero-order valence-corrected chi connectivity index (χ0v) is 20.9. The topological polar surface area (TPSA) is 35.6 Å². The molecule has 3 rings (SSSR count). The van der Waals surface area contributed by atoms with Crippen LogP contribution in [0.15, 0.2) is 48.5 Å². The summed E-state index contributed by atoms with van der Waals surface area (Å²) < 4.78 is 0. The summed E-state index contributed by atoms with van der Waals surface area (Å²) in [6.45, 7) is 13.9. The van der Waals surface area contributed by atoms with Gasteiger partial charge in [0, 0.05) is 49.2 Å². The first kappa shape index (κ1) is 24.7. The van der Waals surface area contributed by atoms with Gasteiger partial charge in [0.25, 0.3) is 0 Å². The van der Waals surface area contributed by atoms with Crippen LogP contribution in [-0.2, 0) is 4.79 Å². The van der Waals surface area contributed by atoms with E-state index in [1.54, 1.807) is 0 Å². The van der Waals surface area contributed by atoms with Gasteiger partial charge in [-0.2, -0.15) is 12.6 Å². The Morgan fingerprint density at radius 2 is 1.50 bits per heavy atom. The van der Waals surface area contributed by atoms with Crippen molar-refractivity contribution in [3.8, 4) is 0 Å². The Morgan fingerprint density at radius 1 is 0.906 bits per heavy atom. The van der Waals surface area contributed by atoms with Gasteiger partial charge in [-0.15, -0.1) is 0 Å². The number of rotatable bonds is 9. The fourth-order valence-electron chi connectivity index (χ4n) is 4.40. The van der Waals surface area contributed by atoms with E-state index >= 15 is 0 Å². The van der Waals surface area contributed by atoms with Gasteiger partial charge in [0.2, 0.25) is 5.91 Å². The van der Waals surface area contributed by atoms with Crippen LogP contribution in [0.2, 0.25) is 0 Å². The number of hydrogen-bond donors (Lipinski definition) is 2. The van der Waals surface area contributed by atoms with E-state index in [1.807, 2.05) is 0 Å². The molecule has 1 atom stereocenters. The zero-order chi connectivity index (χ0) is 23.1. The number of thiol groups is 1. The maximum absolute atomic E-state index is 12.8. The Hall–Kier alpha value is -1.98. The Morgan fingerprint density at radius 3 is 2.06 bits per heavy atom. The number of carbonyl (C=O) groups is 1. The molecule has 4 nitrogen and oxygen atoms in total. The number of hydrogen-bond acceptors (Lipinski definition) is 4. The highest BCUT2D eigenvalue weighted by Crippen LogP contribution is 2.32. The molecule has 1 aliphatic rings. The molecule has 174 valence electrons. The minimum Gasteiger partial charge on any atom is -0.369 e. The summed E-state index contributed by atoms with van der Waals surface area (Å²) >= 11 is 4.75. The molecule has 5 heteroatoms. The second-order valence-corrected chi connectivity index (χ2v) is 10.2. The number of nitrogens with one attached hydrogen (secondary N) is 1. The summed E-state index contributed by atoms with van der Waals surface area (Å²) in [6.07, 6.45) is 1.36. The van der Waals surface area contributed by atoms with Crippen LogP contribution in [0.4, 0.5) is 11.4 Å². The molecular weight excluding hydrogens is 414 g/mol. The molecule has 0 saturated carbocycles. The molecule has 1 fully saturated rings. The Labute approximate surface area is 199 Å². The monoisotopic (exact) mass is 453 g/mol. The minimum atomic E-state index is 0.0638. The maximum Gasteiger partial charge on any atom is 0.225 e. The third-order valence-corrected chi connectivity index (χ3v) is 6.77. The van der Waals surface area contributed by atoms with E-state index in [-0.39, 0.29) is 11.2 Å². The van der Waals surface area contributed by atoms with E-state index < -0.39 is 0 Å². The second kappa shape index (κ2) is 11.8. The fraction of sp³-hybridized carbons (Fsp3) is 0.519. The van der Waals surface area contributed by atoms with E-state index in [2.05, 4.69) is 91.3 Å². The predicted octanol–water partition coefficient (Wildman–Crippen LogP) is 5.77. The average Bonchev–Trinajstić information content (AvgIpc) is 2.78. The van der Waals surface area contributed by atoms with Crippen LogP contribution in [0, 0.1) is 0 Å². The molecule has 1 heterocycles. The molecule has 0 aliphatic carbocycles. The molecule has 0 radical (unpaired) electrons. The number of nitrogens with zero attached hydrogens (tertiary/aromatic N) is 2. The van der Waals surface area contributed by atoms with Gasteiger partial charge in [0.05, 0.1) is 0 Å². The summed E-state index contributed by atoms with van der Waals surface area (Å²) in [4.78, 5) is 17.8. The van der Waals surface area contributed by atoms with E-state index in [0.717, 1.165) is 44.8 Å². The third kappa shape index (κ3) is 6.76. The highest BCUT2D eigenvalue weighted by Gasteiger charge is 2.20. The van der Waals surface area contributed by atoms with Crippen molar-refractivity contribution in [2.75, 3.05) is 42.9 Å². The highest BCUT2D eigenvalue weighted by atomic mass is 32.1. The van der Waals surface area contributed by atoms with Gasteiger partial charge in [-0.3, -0.25) is 9.69 Å². The quantitative estimate of drug-likeness (QED) is 0.473. The molecule has 0 aromatic heterocycles. The normalized spacial score (nSPS) is 15.9. The predicted molar refractivity (Wildman–Crippen MR) is 140 cm³/mol. The Bertz CT molecular complexity index is 834. The standard InChI is InChI=1S/C27H39N3OS/c1-20(2)24-11-8-12-25(21(3)4)27(24)28-26(31)19-23(32)13-14-29-15-17-30(18-16-29)22-9-6-5-7-10-22/h5-12,20-21,23,32H,13-19H2,1-4H3,(H,28,31). The molecule has 1 amide bonds. The van der Waals surface area contributed by atoms with Gasteiger partial charge in [0.15, 0.2) is 0 Å². The molecule has 2 aromatic rings. The van der Waals surface area contributed by atoms with Crippen molar-refractivity contribution in [3.63, 3.8) is 0 Å². The van der Waals surface area contributed by atoms with E-state index in [4.69, 9.17) is 12.6 Å². The lowest BCUT2D eigenvalue weighted by Gasteiger charge is -2.36. The second-order valence-electron chi connectivity index (χ2n) is 9.48. The highest BCUT2D eigenvalue weighted by molar-refractivity contribution is 7.81. The van der Waals surface area contributed by atoms with Crippen molar-refractivity contribution in [2.24, 2.45) is 0 Å². The van der Waals surface area contributed by atoms with Crippen molar-refractivity contribution >= 4 is 29.9 Å². The molecule has 1 unspecified atom stereocenters. The van der Waals surface area contributed by atoms with Crippen LogP contribution >= 0.6 is 12.6 Å². The molecule has 1 saturated heterocycles. The van der Waals surface area contributed by atoms with Gasteiger partial charge in [-0.05, 0) is 48.1 Å². The fourth-order valence-corrected chi connectivity index (χ4v) is 4.68. The lowest BCUT2D eigenvalue weighted by molar-refractivity contribution is -0.116. The van der Waals surface area contributed by atoms with Crippen molar-refractivity contribution in [1.82, 2.24) is 4.90 Å². The summed E-state index contributed by atoms with van der Waals surface area (Å²) in [6, 6.07) is 17.0. The van der Waals surface area contributed by atoms with Crippen molar-refractivity contribution in [3.05, 3.63) is 59.7 Å². The van der Waals surface area contributed by atoms with Crippen LogP contribution in [0.3, 0.4) is 0 Å². The molecule has 0 spiro atoms. The van der Waals surface area contributed by atoms with Crippen molar-refractivity contribution < 1.29 is 4.79 Å². The van der Waals surface area contributed by atoms with Gasteiger partial charge in [-0.25, -0.2) is 0 Å². The van der Waals surface area contributed by atoms with E-state index in [0.29, 0.717) is 18.3 Å². The number of amides is 1. The van der Waals surface area contributed by atoms with Gasteiger partial charge in [0.1, 0.15) is 0 Å². The summed E-state index contributed by atoms with van der Waals surface area (Å²) in [7, 11) is 0. The van der Waals surface area contributed by atoms with Gasteiger partial charge in [-0.1, -0.05) is 64.1 Å². The zero-order valence-electron chi connectivity index (χ0n) is 20.1. The number of para-hydroxylation sites is 2. The van der Waals surface area contributed by atoms with Crippen LogP contribution in [0.1, 0.15) is 63.5 Å². The molecule has 32 heavy (non-hydrogen) atoms. The molecule has 1 aliphatic heterocycles. The van der Waals surface area contributed by atoms with Crippen LogP contribution < -0.4 is 10.2 Å². The smallest absolute Gasteiger partial charge is 0.225 e. The SMILES string of the molecule is CC(C)c1cccc(C(C)C)c1NC(=O)CC(S)CCN1CCN(c2ccccc2)CC1. The van der Waals surface area contributed by atoms with E-state index in [9.17, 15) is 4.79 Å². The molecule has 1 N–H and O–H groups in total. The van der Waals surface area contributed by atoms with Crippen LogP contribution in [-0.4, -0.2) is 48.8 Å². The molecule has 0 bridgehead atoms.